The first-order valence-electron chi connectivity index (χ1n) is 6.31. The second-order valence-corrected chi connectivity index (χ2v) is 5.18. The summed E-state index contributed by atoms with van der Waals surface area (Å²) in [5.41, 5.74) is -3.34. The Morgan fingerprint density at radius 3 is 2.09 bits per heavy atom. The maximum absolute atomic E-state index is 14.7. The van der Waals surface area contributed by atoms with Gasteiger partial charge in [-0.05, 0) is 13.8 Å². The molecule has 1 heterocycles. The van der Waals surface area contributed by atoms with Crippen LogP contribution in [0, 0.1) is 0 Å². The minimum absolute atomic E-state index is 0.703. The van der Waals surface area contributed by atoms with E-state index in [1.165, 1.54) is 0 Å². The summed E-state index contributed by atoms with van der Waals surface area (Å²) in [6.45, 7) is 2.51. The van der Waals surface area contributed by atoms with Crippen LogP contribution >= 0.6 is 0 Å². The number of Topliss-reactive ketones (excluding diaryl/α,β-unsaturated/α-hetero) is 2. The summed E-state index contributed by atoms with van der Waals surface area (Å²) in [6, 6.07) is -2.05. The van der Waals surface area contributed by atoms with E-state index in [2.05, 4.69) is 4.74 Å². The highest BCUT2D eigenvalue weighted by atomic mass is 19.2. The lowest BCUT2D eigenvalue weighted by Gasteiger charge is -2.51. The molecule has 1 rings (SSSR count). The third-order valence-corrected chi connectivity index (χ3v) is 3.53. The Morgan fingerprint density at radius 2 is 1.73 bits per heavy atom. The lowest BCUT2D eigenvalue weighted by atomic mass is 9.75. The van der Waals surface area contributed by atoms with Crippen LogP contribution < -0.4 is 5.32 Å². The van der Waals surface area contributed by atoms with Gasteiger partial charge >= 0.3 is 0 Å². The molecule has 1 aliphatic rings. The van der Waals surface area contributed by atoms with Crippen molar-refractivity contribution in [2.24, 2.45) is 0 Å². The summed E-state index contributed by atoms with van der Waals surface area (Å²) in [5.74, 6) is -7.18. The molecule has 0 aromatic heterocycles. The van der Waals surface area contributed by atoms with Crippen LogP contribution in [0.2, 0.25) is 0 Å². The highest BCUT2D eigenvalue weighted by Gasteiger charge is 2.70. The van der Waals surface area contributed by atoms with Gasteiger partial charge in [0.1, 0.15) is 12.1 Å². The number of amides is 1. The second kappa shape index (κ2) is 5.97. The van der Waals surface area contributed by atoms with Gasteiger partial charge in [0.25, 0.3) is 5.85 Å². The Balaban J connectivity index is 3.40. The number of halogens is 1. The molecule has 0 radical (unpaired) electrons. The van der Waals surface area contributed by atoms with Gasteiger partial charge in [-0.25, -0.2) is 4.39 Å². The minimum atomic E-state index is -3.95. The van der Waals surface area contributed by atoms with E-state index >= 15 is 0 Å². The number of carbonyl (C=O) groups is 3. The van der Waals surface area contributed by atoms with E-state index in [9.17, 15) is 39.2 Å². The average Bonchev–Trinajstić information content (AvgIpc) is 2.37. The Labute approximate surface area is 124 Å². The van der Waals surface area contributed by atoms with Crippen LogP contribution in [0.5, 0.6) is 0 Å². The number of ketones is 2. The summed E-state index contributed by atoms with van der Waals surface area (Å²) >= 11 is 0. The van der Waals surface area contributed by atoms with Gasteiger partial charge in [0.15, 0.2) is 24.0 Å². The quantitative estimate of drug-likeness (QED) is 0.370. The third kappa shape index (κ3) is 2.75. The van der Waals surface area contributed by atoms with Gasteiger partial charge < -0.3 is 30.5 Å². The van der Waals surface area contributed by atoms with Crippen LogP contribution in [0.3, 0.4) is 0 Å². The van der Waals surface area contributed by atoms with Gasteiger partial charge in [0, 0.05) is 6.92 Å². The molecule has 10 heteroatoms. The molecule has 0 bridgehead atoms. The van der Waals surface area contributed by atoms with Crippen molar-refractivity contribution in [3.63, 3.8) is 0 Å². The molecule has 1 fully saturated rings. The van der Waals surface area contributed by atoms with Crippen LogP contribution in [-0.4, -0.2) is 73.9 Å². The highest BCUT2D eigenvalue weighted by molar-refractivity contribution is 5.89. The summed E-state index contributed by atoms with van der Waals surface area (Å²) in [5, 5.41) is 41.5. The van der Waals surface area contributed by atoms with E-state index in [0.29, 0.717) is 6.92 Å². The third-order valence-electron chi connectivity index (χ3n) is 3.53. The van der Waals surface area contributed by atoms with Crippen molar-refractivity contribution >= 4 is 17.5 Å². The summed E-state index contributed by atoms with van der Waals surface area (Å²) in [4.78, 5) is 33.9. The smallest absolute Gasteiger partial charge is 0.274 e. The molecule has 0 saturated carbocycles. The van der Waals surface area contributed by atoms with Gasteiger partial charge in [-0.2, -0.15) is 0 Å². The molecule has 0 aromatic rings. The van der Waals surface area contributed by atoms with E-state index in [4.69, 9.17) is 0 Å². The zero-order valence-corrected chi connectivity index (χ0v) is 12.1. The monoisotopic (exact) mass is 323 g/mol. The topological polar surface area (TPSA) is 153 Å². The first kappa shape index (κ1) is 18.6. The second-order valence-electron chi connectivity index (χ2n) is 5.18. The molecule has 22 heavy (non-hydrogen) atoms. The molecule has 0 spiro atoms. The fourth-order valence-corrected chi connectivity index (χ4v) is 2.32. The number of ether oxygens (including phenoxy) is 1. The Bertz CT molecular complexity index is 496. The molecular weight excluding hydrogens is 305 g/mol. The molecule has 1 amide bonds. The van der Waals surface area contributed by atoms with Gasteiger partial charge in [-0.15, -0.1) is 0 Å². The Kier molecular flexibility index (Phi) is 5.04. The zero-order chi connectivity index (χ0) is 17.5. The Morgan fingerprint density at radius 1 is 1.23 bits per heavy atom. The summed E-state index contributed by atoms with van der Waals surface area (Å²) in [6.07, 6.45) is -6.85. The molecule has 1 saturated heterocycles. The number of aliphatic hydroxyl groups is 4. The molecule has 6 atom stereocenters. The molecule has 0 aliphatic carbocycles. The normalized spacial score (nSPS) is 39.9. The Hall–Kier alpha value is -1.46. The number of alkyl halides is 1. The molecular formula is C12H18FNO8. The van der Waals surface area contributed by atoms with Crippen molar-refractivity contribution in [1.29, 1.82) is 0 Å². The number of nitrogens with one attached hydrogen (secondary N) is 1. The maximum atomic E-state index is 14.7. The van der Waals surface area contributed by atoms with E-state index < -0.39 is 53.5 Å². The molecule has 9 nitrogen and oxygen atoms in total. The van der Waals surface area contributed by atoms with Gasteiger partial charge in [-0.3, -0.25) is 14.4 Å². The predicted molar refractivity (Wildman–Crippen MR) is 66.9 cm³/mol. The predicted octanol–water partition coefficient (Wildman–Crippen LogP) is -2.86. The van der Waals surface area contributed by atoms with E-state index in [-0.39, 0.29) is 0 Å². The van der Waals surface area contributed by atoms with E-state index in [0.717, 1.165) is 13.8 Å². The van der Waals surface area contributed by atoms with Crippen molar-refractivity contribution in [2.45, 2.75) is 56.8 Å². The molecule has 1 unspecified atom stereocenters. The first-order chi connectivity index (χ1) is 9.87. The van der Waals surface area contributed by atoms with Crippen LogP contribution in [0.15, 0.2) is 0 Å². The first-order valence-corrected chi connectivity index (χ1v) is 6.31. The molecule has 0 aromatic carbocycles. The number of carbonyl (C=O) groups excluding carboxylic acids is 3. The highest BCUT2D eigenvalue weighted by Crippen LogP contribution is 2.41. The van der Waals surface area contributed by atoms with Crippen LogP contribution in [0.4, 0.5) is 4.39 Å². The maximum Gasteiger partial charge on any atom is 0.274 e. The van der Waals surface area contributed by atoms with Crippen LogP contribution in [-0.2, 0) is 19.1 Å². The average molecular weight is 323 g/mol. The van der Waals surface area contributed by atoms with Crippen LogP contribution in [0.1, 0.15) is 20.8 Å². The fourth-order valence-electron chi connectivity index (χ4n) is 2.32. The number of hydrogen-bond donors (Lipinski definition) is 5. The van der Waals surface area contributed by atoms with Crippen molar-refractivity contribution in [1.82, 2.24) is 5.32 Å². The van der Waals surface area contributed by atoms with Crippen molar-refractivity contribution in [3.8, 4) is 0 Å². The van der Waals surface area contributed by atoms with E-state index in [1.807, 2.05) is 5.32 Å². The number of rotatable bonds is 4. The minimum Gasteiger partial charge on any atom is -0.382 e. The van der Waals surface area contributed by atoms with Crippen molar-refractivity contribution in [3.05, 3.63) is 0 Å². The molecule has 5 N–H and O–H groups in total. The van der Waals surface area contributed by atoms with Crippen LogP contribution in [0.25, 0.3) is 0 Å². The largest absolute Gasteiger partial charge is 0.382 e. The molecule has 126 valence electrons. The zero-order valence-electron chi connectivity index (χ0n) is 12.1. The SMILES string of the molecule is CC(=O)N[C@H]1[C@@H](O)O[C@H](C(O)C(C)=O)[C@](O)(F)[C@@]1(O)C(C)=O. The van der Waals surface area contributed by atoms with Gasteiger partial charge in [-0.1, -0.05) is 0 Å². The van der Waals surface area contributed by atoms with Crippen molar-refractivity contribution in [2.75, 3.05) is 0 Å². The van der Waals surface area contributed by atoms with Gasteiger partial charge in [0.05, 0.1) is 0 Å². The standard InChI is InChI=1S/C12H18FNO8/c1-4(15)7(18)9-12(13,21)11(20,5(2)16)8(10(19)22-9)14-6(3)17/h7-10,18-21H,1-3H3,(H,14,17)/t7?,8-,9+,10-,11+,12+/m0/s1. The fraction of sp³-hybridized carbons (Fsp3) is 0.750. The summed E-state index contributed by atoms with van der Waals surface area (Å²) in [7, 11) is 0. The molecule has 1 aliphatic heterocycles. The van der Waals surface area contributed by atoms with E-state index in [1.54, 1.807) is 0 Å². The lowest BCUT2D eigenvalue weighted by Crippen LogP contribution is -2.80. The number of hydrogen-bond acceptors (Lipinski definition) is 8. The van der Waals surface area contributed by atoms with Gasteiger partial charge in [0.2, 0.25) is 11.5 Å². The van der Waals surface area contributed by atoms with Crippen molar-refractivity contribution < 1.29 is 43.9 Å². The summed E-state index contributed by atoms with van der Waals surface area (Å²) < 4.78 is 19.3. The number of aliphatic hydroxyl groups excluding tert-OH is 2. The lowest BCUT2D eigenvalue weighted by molar-refractivity contribution is -0.363.